The Morgan fingerprint density at radius 3 is 2.23 bits per heavy atom. The zero-order chi connectivity index (χ0) is 16.1. The fourth-order valence-electron chi connectivity index (χ4n) is 2.05. The highest BCUT2D eigenvalue weighted by Crippen LogP contribution is 2.19. The van der Waals surface area contributed by atoms with Crippen molar-refractivity contribution >= 4 is 28.7 Å². The van der Waals surface area contributed by atoms with Crippen molar-refractivity contribution in [3.8, 4) is 5.75 Å². The third-order valence-corrected chi connectivity index (χ3v) is 3.52. The minimum atomic E-state index is 0.233. The molecule has 0 aliphatic carbocycles. The molecule has 2 aromatic carbocycles. The molecule has 0 aromatic heterocycles. The van der Waals surface area contributed by atoms with E-state index < -0.39 is 0 Å². The number of thiocarbonyl (C=S) groups is 1. The van der Waals surface area contributed by atoms with Crippen LogP contribution in [-0.2, 0) is 0 Å². The van der Waals surface area contributed by atoms with Crippen molar-refractivity contribution < 1.29 is 5.11 Å². The van der Waals surface area contributed by atoms with E-state index in [4.69, 9.17) is 12.2 Å². The first-order valence-electron chi connectivity index (χ1n) is 6.94. The summed E-state index contributed by atoms with van der Waals surface area (Å²) in [6.45, 7) is 5.94. The molecule has 0 saturated heterocycles. The molecule has 0 radical (unpaired) electrons. The number of hydrogen-bond acceptors (Lipinski definition) is 3. The molecule has 0 heterocycles. The Hall–Kier alpha value is -2.40. The van der Waals surface area contributed by atoms with Gasteiger partial charge in [-0.3, -0.25) is 5.43 Å². The van der Waals surface area contributed by atoms with Crippen molar-refractivity contribution in [3.63, 3.8) is 0 Å². The Morgan fingerprint density at radius 1 is 1.05 bits per heavy atom. The first-order valence-corrected chi connectivity index (χ1v) is 7.35. The van der Waals surface area contributed by atoms with Crippen LogP contribution in [-0.4, -0.2) is 15.9 Å². The molecule has 0 bridgehead atoms. The van der Waals surface area contributed by atoms with E-state index in [-0.39, 0.29) is 5.75 Å². The Balaban J connectivity index is 2.03. The highest BCUT2D eigenvalue weighted by atomic mass is 32.1. The molecule has 5 heteroatoms. The minimum absolute atomic E-state index is 0.233. The summed E-state index contributed by atoms with van der Waals surface area (Å²) in [6.07, 6.45) is 0. The first kappa shape index (κ1) is 16.0. The molecule has 114 valence electrons. The topological polar surface area (TPSA) is 56.7 Å². The van der Waals surface area contributed by atoms with E-state index in [1.807, 2.05) is 39.0 Å². The maximum Gasteiger partial charge on any atom is 0.191 e. The maximum absolute atomic E-state index is 9.29. The molecule has 0 unspecified atom stereocenters. The van der Waals surface area contributed by atoms with Crippen LogP contribution in [0, 0.1) is 13.8 Å². The fraction of sp³-hybridized carbons (Fsp3) is 0.176. The molecule has 0 aliphatic rings. The lowest BCUT2D eigenvalue weighted by atomic mass is 10.1. The SMILES string of the molecule is C/C(=N\NC(=S)Nc1c(C)cccc1C)c1ccc(O)cc1. The van der Waals surface area contributed by atoms with Gasteiger partial charge in [0.2, 0.25) is 0 Å². The monoisotopic (exact) mass is 313 g/mol. The first-order chi connectivity index (χ1) is 10.5. The minimum Gasteiger partial charge on any atom is -0.508 e. The fourth-order valence-corrected chi connectivity index (χ4v) is 2.20. The van der Waals surface area contributed by atoms with Crippen molar-refractivity contribution in [3.05, 3.63) is 59.2 Å². The van der Waals surface area contributed by atoms with E-state index in [0.29, 0.717) is 5.11 Å². The van der Waals surface area contributed by atoms with Crippen LogP contribution in [0.1, 0.15) is 23.6 Å². The molecular formula is C17H19N3OS. The summed E-state index contributed by atoms with van der Waals surface area (Å²) in [4.78, 5) is 0. The zero-order valence-corrected chi connectivity index (χ0v) is 13.7. The van der Waals surface area contributed by atoms with Crippen LogP contribution in [0.5, 0.6) is 5.75 Å². The van der Waals surface area contributed by atoms with Crippen LogP contribution < -0.4 is 10.7 Å². The van der Waals surface area contributed by atoms with E-state index >= 15 is 0 Å². The van der Waals surface area contributed by atoms with Gasteiger partial charge < -0.3 is 10.4 Å². The smallest absolute Gasteiger partial charge is 0.191 e. The number of rotatable bonds is 3. The summed E-state index contributed by atoms with van der Waals surface area (Å²) in [5.74, 6) is 0.233. The van der Waals surface area contributed by atoms with Crippen molar-refractivity contribution in [2.45, 2.75) is 20.8 Å². The molecule has 0 spiro atoms. The van der Waals surface area contributed by atoms with Gasteiger partial charge in [0.05, 0.1) is 5.71 Å². The highest BCUT2D eigenvalue weighted by molar-refractivity contribution is 7.80. The molecule has 0 saturated carbocycles. The normalized spacial score (nSPS) is 11.1. The second kappa shape index (κ2) is 7.04. The van der Waals surface area contributed by atoms with E-state index in [2.05, 4.69) is 15.8 Å². The summed E-state index contributed by atoms with van der Waals surface area (Å²) in [5.41, 5.74) is 7.80. The summed E-state index contributed by atoms with van der Waals surface area (Å²) < 4.78 is 0. The third-order valence-electron chi connectivity index (χ3n) is 3.33. The predicted molar refractivity (Wildman–Crippen MR) is 95.6 cm³/mol. The average Bonchev–Trinajstić information content (AvgIpc) is 2.49. The van der Waals surface area contributed by atoms with Gasteiger partial charge in [-0.2, -0.15) is 5.10 Å². The molecule has 2 rings (SSSR count). The van der Waals surface area contributed by atoms with E-state index in [0.717, 1.165) is 28.1 Å². The van der Waals surface area contributed by atoms with Gasteiger partial charge in [0, 0.05) is 5.69 Å². The molecule has 3 N–H and O–H groups in total. The second-order valence-corrected chi connectivity index (χ2v) is 5.49. The number of benzene rings is 2. The summed E-state index contributed by atoms with van der Waals surface area (Å²) >= 11 is 5.28. The maximum atomic E-state index is 9.29. The van der Waals surface area contributed by atoms with Gasteiger partial charge in [-0.1, -0.05) is 18.2 Å². The molecule has 0 amide bonds. The second-order valence-electron chi connectivity index (χ2n) is 5.08. The quantitative estimate of drug-likeness (QED) is 0.459. The van der Waals surface area contributed by atoms with Crippen molar-refractivity contribution in [1.82, 2.24) is 5.43 Å². The number of aryl methyl sites for hydroxylation is 2. The van der Waals surface area contributed by atoms with Crippen molar-refractivity contribution in [1.29, 1.82) is 0 Å². The lowest BCUT2D eigenvalue weighted by molar-refractivity contribution is 0.475. The number of anilines is 1. The van der Waals surface area contributed by atoms with Crippen LogP contribution >= 0.6 is 12.2 Å². The van der Waals surface area contributed by atoms with Gasteiger partial charge in [0.1, 0.15) is 5.75 Å². The van der Waals surface area contributed by atoms with E-state index in [9.17, 15) is 5.11 Å². The van der Waals surface area contributed by atoms with E-state index in [1.165, 1.54) is 0 Å². The van der Waals surface area contributed by atoms with Gasteiger partial charge in [0.25, 0.3) is 0 Å². The summed E-state index contributed by atoms with van der Waals surface area (Å²) in [5, 5.41) is 17.2. The number of nitrogens with zero attached hydrogens (tertiary/aromatic N) is 1. The largest absolute Gasteiger partial charge is 0.508 e. The van der Waals surface area contributed by atoms with Gasteiger partial charge in [-0.25, -0.2) is 0 Å². The molecule has 0 aliphatic heterocycles. The number of hydrazone groups is 1. The van der Waals surface area contributed by atoms with Gasteiger partial charge in [0.15, 0.2) is 5.11 Å². The lowest BCUT2D eigenvalue weighted by Gasteiger charge is -2.13. The Morgan fingerprint density at radius 2 is 1.64 bits per heavy atom. The molecule has 2 aromatic rings. The van der Waals surface area contributed by atoms with Gasteiger partial charge in [-0.05, 0) is 73.9 Å². The van der Waals surface area contributed by atoms with Crippen LogP contribution in [0.15, 0.2) is 47.6 Å². The molecule has 0 atom stereocenters. The predicted octanol–water partition coefficient (Wildman–Crippen LogP) is 3.72. The number of phenols is 1. The van der Waals surface area contributed by atoms with Crippen LogP contribution in [0.25, 0.3) is 0 Å². The molecule has 22 heavy (non-hydrogen) atoms. The van der Waals surface area contributed by atoms with Crippen LogP contribution in [0.4, 0.5) is 5.69 Å². The zero-order valence-electron chi connectivity index (χ0n) is 12.8. The summed E-state index contributed by atoms with van der Waals surface area (Å²) in [7, 11) is 0. The number of nitrogens with one attached hydrogen (secondary N) is 2. The molecule has 4 nitrogen and oxygen atoms in total. The third kappa shape index (κ3) is 4.05. The van der Waals surface area contributed by atoms with Gasteiger partial charge >= 0.3 is 0 Å². The Labute approximate surface area is 135 Å². The summed E-state index contributed by atoms with van der Waals surface area (Å²) in [6, 6.07) is 12.9. The Bertz CT molecular complexity index is 688. The number of aromatic hydroxyl groups is 1. The average molecular weight is 313 g/mol. The van der Waals surface area contributed by atoms with Crippen molar-refractivity contribution in [2.75, 3.05) is 5.32 Å². The lowest BCUT2D eigenvalue weighted by Crippen LogP contribution is -2.25. The van der Waals surface area contributed by atoms with Crippen molar-refractivity contribution in [2.24, 2.45) is 5.10 Å². The highest BCUT2D eigenvalue weighted by Gasteiger charge is 2.04. The molecular weight excluding hydrogens is 294 g/mol. The van der Waals surface area contributed by atoms with Crippen LogP contribution in [0.3, 0.4) is 0 Å². The van der Waals surface area contributed by atoms with Gasteiger partial charge in [-0.15, -0.1) is 0 Å². The van der Waals surface area contributed by atoms with E-state index in [1.54, 1.807) is 24.3 Å². The standard InChI is InChI=1S/C17H19N3OS/c1-11-5-4-6-12(2)16(11)18-17(22)20-19-13(3)14-7-9-15(21)10-8-14/h4-10,21H,1-3H3,(H2,18,20,22)/b19-13+. The number of para-hydroxylation sites is 1. The molecule has 0 fully saturated rings. The number of hydrogen-bond donors (Lipinski definition) is 3. The Kier molecular flexibility index (Phi) is 5.12. The van der Waals surface area contributed by atoms with Crippen LogP contribution in [0.2, 0.25) is 0 Å². The number of phenolic OH excluding ortho intramolecular Hbond substituents is 1.